The van der Waals surface area contributed by atoms with Crippen LogP contribution in [0.2, 0.25) is 0 Å². The number of carbonyl (C=O) groups excluding carboxylic acids is 2. The standard InChI is InChI=1S/C20H25N5O3S/c1-5-12(3)16(19(27)28-4)21-15(26)11-29-20-22-18-17(23-24-20)13-9-7-8-10-14(13)25(18)6-2/h7-10,12,16H,5-6,11H2,1-4H3,(H,21,26)/t12-,16-/m0/s1. The van der Waals surface area contributed by atoms with E-state index < -0.39 is 12.0 Å². The number of esters is 1. The summed E-state index contributed by atoms with van der Waals surface area (Å²) in [5, 5.41) is 12.7. The molecule has 3 rings (SSSR count). The highest BCUT2D eigenvalue weighted by molar-refractivity contribution is 7.99. The van der Waals surface area contributed by atoms with Gasteiger partial charge in [-0.3, -0.25) is 4.79 Å². The number of methoxy groups -OCH3 is 1. The number of fused-ring (bicyclic) bond motifs is 3. The number of aryl methyl sites for hydroxylation is 1. The molecule has 1 amide bonds. The second-order valence-electron chi connectivity index (χ2n) is 6.77. The summed E-state index contributed by atoms with van der Waals surface area (Å²) in [5.41, 5.74) is 2.55. The van der Waals surface area contributed by atoms with E-state index in [-0.39, 0.29) is 17.6 Å². The smallest absolute Gasteiger partial charge is 0.328 e. The maximum atomic E-state index is 12.4. The lowest BCUT2D eigenvalue weighted by Gasteiger charge is -2.21. The van der Waals surface area contributed by atoms with Gasteiger partial charge in [0.15, 0.2) is 5.65 Å². The van der Waals surface area contributed by atoms with Crippen molar-refractivity contribution in [3.63, 3.8) is 0 Å². The highest BCUT2D eigenvalue weighted by Crippen LogP contribution is 2.26. The number of nitrogens with zero attached hydrogens (tertiary/aromatic N) is 4. The van der Waals surface area contributed by atoms with E-state index in [1.165, 1.54) is 18.9 Å². The lowest BCUT2D eigenvalue weighted by atomic mass is 9.99. The van der Waals surface area contributed by atoms with Crippen LogP contribution in [-0.4, -0.2) is 50.5 Å². The van der Waals surface area contributed by atoms with E-state index in [9.17, 15) is 9.59 Å². The molecule has 154 valence electrons. The van der Waals surface area contributed by atoms with Gasteiger partial charge in [-0.15, -0.1) is 10.2 Å². The van der Waals surface area contributed by atoms with E-state index in [0.717, 1.165) is 35.0 Å². The van der Waals surface area contributed by atoms with Gasteiger partial charge in [-0.2, -0.15) is 0 Å². The minimum Gasteiger partial charge on any atom is -0.467 e. The Hall–Kier alpha value is -2.68. The second-order valence-corrected chi connectivity index (χ2v) is 7.71. The molecular formula is C20H25N5O3S. The van der Waals surface area contributed by atoms with Gasteiger partial charge in [0.05, 0.1) is 18.4 Å². The number of nitrogens with one attached hydrogen (secondary N) is 1. The average Bonchev–Trinajstić information content (AvgIpc) is 3.07. The number of carbonyl (C=O) groups is 2. The molecule has 2 atom stereocenters. The van der Waals surface area contributed by atoms with Crippen LogP contribution in [0.5, 0.6) is 0 Å². The van der Waals surface area contributed by atoms with Crippen LogP contribution in [0, 0.1) is 5.92 Å². The predicted octanol–water partition coefficient (Wildman–Crippen LogP) is 2.80. The Morgan fingerprint density at radius 2 is 2.00 bits per heavy atom. The molecule has 3 aromatic rings. The Labute approximate surface area is 173 Å². The van der Waals surface area contributed by atoms with Gasteiger partial charge in [0.2, 0.25) is 11.1 Å². The average molecular weight is 416 g/mol. The van der Waals surface area contributed by atoms with E-state index in [1.54, 1.807) is 0 Å². The van der Waals surface area contributed by atoms with E-state index in [4.69, 9.17) is 4.74 Å². The fourth-order valence-corrected chi connectivity index (χ4v) is 3.80. The van der Waals surface area contributed by atoms with Crippen molar-refractivity contribution in [2.75, 3.05) is 12.9 Å². The van der Waals surface area contributed by atoms with Gasteiger partial charge in [0.25, 0.3) is 0 Å². The van der Waals surface area contributed by atoms with Crippen molar-refractivity contribution in [2.45, 2.75) is 44.9 Å². The summed E-state index contributed by atoms with van der Waals surface area (Å²) in [5.74, 6) is -0.649. The Bertz CT molecular complexity index is 1040. The normalized spacial score (nSPS) is 13.4. The Morgan fingerprint density at radius 3 is 2.69 bits per heavy atom. The highest BCUT2D eigenvalue weighted by Gasteiger charge is 2.26. The number of rotatable bonds is 8. The van der Waals surface area contributed by atoms with Gasteiger partial charge in [-0.1, -0.05) is 50.2 Å². The third-order valence-corrected chi connectivity index (χ3v) is 5.83. The molecule has 0 fully saturated rings. The van der Waals surface area contributed by atoms with Crippen molar-refractivity contribution in [3.8, 4) is 0 Å². The quantitative estimate of drug-likeness (QED) is 0.446. The molecule has 0 unspecified atom stereocenters. The maximum absolute atomic E-state index is 12.4. The van der Waals surface area contributed by atoms with Crippen molar-refractivity contribution >= 4 is 45.7 Å². The van der Waals surface area contributed by atoms with Crippen LogP contribution >= 0.6 is 11.8 Å². The fourth-order valence-electron chi connectivity index (χ4n) is 3.21. The van der Waals surface area contributed by atoms with Crippen molar-refractivity contribution in [3.05, 3.63) is 24.3 Å². The summed E-state index contributed by atoms with van der Waals surface area (Å²) in [4.78, 5) is 28.9. The molecule has 0 radical (unpaired) electrons. The van der Waals surface area contributed by atoms with E-state index in [2.05, 4.69) is 32.0 Å². The molecule has 0 aliphatic carbocycles. The lowest BCUT2D eigenvalue weighted by molar-refractivity contribution is -0.146. The van der Waals surface area contributed by atoms with Gasteiger partial charge in [0, 0.05) is 11.9 Å². The molecule has 2 heterocycles. The number of benzene rings is 1. The fraction of sp³-hybridized carbons (Fsp3) is 0.450. The molecule has 0 aliphatic rings. The first-order valence-electron chi connectivity index (χ1n) is 9.61. The maximum Gasteiger partial charge on any atom is 0.328 e. The summed E-state index contributed by atoms with van der Waals surface area (Å²) >= 11 is 1.19. The minimum atomic E-state index is -0.665. The van der Waals surface area contributed by atoms with Gasteiger partial charge >= 0.3 is 5.97 Å². The third-order valence-electron chi connectivity index (χ3n) is 4.99. The summed E-state index contributed by atoms with van der Waals surface area (Å²) in [6.45, 7) is 6.67. The summed E-state index contributed by atoms with van der Waals surface area (Å²) < 4.78 is 6.89. The zero-order valence-corrected chi connectivity index (χ0v) is 17.8. The van der Waals surface area contributed by atoms with Crippen LogP contribution in [0.15, 0.2) is 29.4 Å². The van der Waals surface area contributed by atoms with Gasteiger partial charge < -0.3 is 14.6 Å². The Kier molecular flexibility index (Phi) is 6.68. The Balaban J connectivity index is 1.76. The number of amides is 1. The first kappa shape index (κ1) is 21.0. The van der Waals surface area contributed by atoms with E-state index in [1.807, 2.05) is 38.1 Å². The molecule has 29 heavy (non-hydrogen) atoms. The summed E-state index contributed by atoms with van der Waals surface area (Å²) in [6.07, 6.45) is 0.748. The monoisotopic (exact) mass is 415 g/mol. The van der Waals surface area contributed by atoms with Crippen LogP contribution in [0.3, 0.4) is 0 Å². The summed E-state index contributed by atoms with van der Waals surface area (Å²) in [6, 6.07) is 7.32. The van der Waals surface area contributed by atoms with Crippen molar-refractivity contribution in [1.29, 1.82) is 0 Å². The molecule has 2 aromatic heterocycles. The minimum absolute atomic E-state index is 0.0223. The molecule has 0 saturated heterocycles. The highest BCUT2D eigenvalue weighted by atomic mass is 32.2. The first-order valence-corrected chi connectivity index (χ1v) is 10.6. The topological polar surface area (TPSA) is 99.0 Å². The number of hydrogen-bond acceptors (Lipinski definition) is 7. The molecule has 9 heteroatoms. The molecule has 1 aromatic carbocycles. The molecule has 0 spiro atoms. The number of hydrogen-bond donors (Lipinski definition) is 1. The van der Waals surface area contributed by atoms with Crippen LogP contribution in [0.1, 0.15) is 27.2 Å². The molecule has 0 bridgehead atoms. The SMILES string of the molecule is CC[C@H](C)[C@H](NC(=O)CSc1nnc2c3ccccc3n(CC)c2n1)C(=O)OC. The van der Waals surface area contributed by atoms with Crippen molar-refractivity contribution < 1.29 is 14.3 Å². The van der Waals surface area contributed by atoms with Crippen LogP contribution in [0.25, 0.3) is 22.1 Å². The van der Waals surface area contributed by atoms with Gasteiger partial charge in [0.1, 0.15) is 11.6 Å². The largest absolute Gasteiger partial charge is 0.467 e. The Morgan fingerprint density at radius 1 is 1.24 bits per heavy atom. The molecule has 0 saturated carbocycles. The van der Waals surface area contributed by atoms with Crippen LogP contribution in [0.4, 0.5) is 0 Å². The zero-order chi connectivity index (χ0) is 21.0. The van der Waals surface area contributed by atoms with E-state index >= 15 is 0 Å². The van der Waals surface area contributed by atoms with E-state index in [0.29, 0.717) is 5.16 Å². The van der Waals surface area contributed by atoms with Crippen molar-refractivity contribution in [1.82, 2.24) is 25.1 Å². The lowest BCUT2D eigenvalue weighted by Crippen LogP contribution is -2.46. The second kappa shape index (κ2) is 9.21. The number of para-hydroxylation sites is 1. The zero-order valence-electron chi connectivity index (χ0n) is 17.0. The van der Waals surface area contributed by atoms with Crippen LogP contribution < -0.4 is 5.32 Å². The molecular weight excluding hydrogens is 390 g/mol. The predicted molar refractivity (Wildman–Crippen MR) is 113 cm³/mol. The number of aromatic nitrogens is 4. The van der Waals surface area contributed by atoms with Crippen molar-refractivity contribution in [2.24, 2.45) is 5.92 Å². The number of thioether (sulfide) groups is 1. The molecule has 0 aliphatic heterocycles. The molecule has 8 nitrogen and oxygen atoms in total. The third kappa shape index (κ3) is 4.34. The molecule has 1 N–H and O–H groups in total. The van der Waals surface area contributed by atoms with Crippen LogP contribution in [-0.2, 0) is 20.9 Å². The first-order chi connectivity index (χ1) is 14.0. The number of ether oxygens (including phenoxy) is 1. The van der Waals surface area contributed by atoms with Gasteiger partial charge in [-0.05, 0) is 18.9 Å². The van der Waals surface area contributed by atoms with Gasteiger partial charge in [-0.25, -0.2) is 9.78 Å². The summed E-state index contributed by atoms with van der Waals surface area (Å²) in [7, 11) is 1.32.